The second-order valence-corrected chi connectivity index (χ2v) is 3.80. The Balaban J connectivity index is 3.41. The molecule has 1 aromatic carbocycles. The lowest BCUT2D eigenvalue weighted by Gasteiger charge is -2.16. The highest BCUT2D eigenvalue weighted by Crippen LogP contribution is 2.35. The summed E-state index contributed by atoms with van der Waals surface area (Å²) in [6, 6.07) is 1.84. The zero-order valence-electron chi connectivity index (χ0n) is 8.89. The number of aliphatic hydroxyl groups is 1. The zero-order chi connectivity index (χ0) is 10.9. The van der Waals surface area contributed by atoms with Crippen molar-refractivity contribution in [2.45, 2.75) is 26.9 Å². The molecule has 0 heterocycles. The first-order valence-corrected chi connectivity index (χ1v) is 4.88. The molecule has 0 aliphatic heterocycles. The van der Waals surface area contributed by atoms with Crippen molar-refractivity contribution in [1.29, 1.82) is 0 Å². The van der Waals surface area contributed by atoms with E-state index in [0.29, 0.717) is 10.8 Å². The largest absolute Gasteiger partial charge is 0.495 e. The lowest BCUT2D eigenvalue weighted by molar-refractivity contribution is 0.197. The van der Waals surface area contributed by atoms with E-state index in [0.717, 1.165) is 16.7 Å². The number of aryl methyl sites for hydroxylation is 1. The van der Waals surface area contributed by atoms with Crippen molar-refractivity contribution in [3.05, 3.63) is 27.8 Å². The molecule has 1 unspecified atom stereocenters. The van der Waals surface area contributed by atoms with Crippen LogP contribution in [0.5, 0.6) is 5.75 Å². The predicted octanol–water partition coefficient (Wildman–Crippen LogP) is 3.02. The highest BCUT2D eigenvalue weighted by atomic mass is 35.5. The van der Waals surface area contributed by atoms with E-state index in [2.05, 4.69) is 0 Å². The molecule has 0 saturated heterocycles. The number of benzene rings is 1. The van der Waals surface area contributed by atoms with Crippen LogP contribution in [0.1, 0.15) is 29.7 Å². The van der Waals surface area contributed by atoms with Crippen molar-refractivity contribution in [1.82, 2.24) is 0 Å². The third-order valence-electron chi connectivity index (χ3n) is 2.36. The fraction of sp³-hybridized carbons (Fsp3) is 0.455. The predicted molar refractivity (Wildman–Crippen MR) is 58.1 cm³/mol. The molecule has 78 valence electrons. The van der Waals surface area contributed by atoms with Crippen LogP contribution < -0.4 is 4.74 Å². The van der Waals surface area contributed by atoms with Gasteiger partial charge in [0.1, 0.15) is 5.75 Å². The SMILES string of the molecule is COc1cc(C)c(C(C)O)c(C)c1Cl. The maximum atomic E-state index is 9.57. The van der Waals surface area contributed by atoms with Gasteiger partial charge in [0.25, 0.3) is 0 Å². The van der Waals surface area contributed by atoms with Crippen LogP contribution in [0, 0.1) is 13.8 Å². The molecule has 0 aliphatic carbocycles. The Morgan fingerprint density at radius 2 is 2.00 bits per heavy atom. The van der Waals surface area contributed by atoms with Crippen molar-refractivity contribution in [2.75, 3.05) is 7.11 Å². The molecule has 0 saturated carbocycles. The molecule has 0 amide bonds. The molecule has 0 fully saturated rings. The Bertz CT molecular complexity index is 346. The van der Waals surface area contributed by atoms with Crippen molar-refractivity contribution in [3.8, 4) is 5.75 Å². The van der Waals surface area contributed by atoms with E-state index in [1.165, 1.54) is 0 Å². The minimum absolute atomic E-state index is 0.501. The van der Waals surface area contributed by atoms with Gasteiger partial charge >= 0.3 is 0 Å². The van der Waals surface area contributed by atoms with Gasteiger partial charge in [-0.15, -0.1) is 0 Å². The van der Waals surface area contributed by atoms with Crippen molar-refractivity contribution in [2.24, 2.45) is 0 Å². The molecule has 0 radical (unpaired) electrons. The molecular formula is C11H15ClO2. The van der Waals surface area contributed by atoms with Gasteiger partial charge in [0, 0.05) is 0 Å². The van der Waals surface area contributed by atoms with Gasteiger partial charge in [-0.05, 0) is 43.5 Å². The van der Waals surface area contributed by atoms with Crippen LogP contribution in [0.3, 0.4) is 0 Å². The molecule has 14 heavy (non-hydrogen) atoms. The van der Waals surface area contributed by atoms with E-state index in [1.54, 1.807) is 14.0 Å². The van der Waals surface area contributed by atoms with Crippen LogP contribution in [-0.2, 0) is 0 Å². The lowest BCUT2D eigenvalue weighted by Crippen LogP contribution is -2.01. The third kappa shape index (κ3) is 1.86. The summed E-state index contributed by atoms with van der Waals surface area (Å²) in [5, 5.41) is 10.2. The smallest absolute Gasteiger partial charge is 0.138 e. The van der Waals surface area contributed by atoms with E-state index >= 15 is 0 Å². The van der Waals surface area contributed by atoms with Crippen LogP contribution >= 0.6 is 11.6 Å². The second-order valence-electron chi connectivity index (χ2n) is 3.42. The first-order valence-electron chi connectivity index (χ1n) is 4.50. The van der Waals surface area contributed by atoms with Gasteiger partial charge in [0.2, 0.25) is 0 Å². The van der Waals surface area contributed by atoms with E-state index in [4.69, 9.17) is 16.3 Å². The molecule has 0 spiro atoms. The Labute approximate surface area is 89.5 Å². The maximum absolute atomic E-state index is 9.57. The van der Waals surface area contributed by atoms with Gasteiger partial charge in [0.05, 0.1) is 18.2 Å². The monoisotopic (exact) mass is 214 g/mol. The third-order valence-corrected chi connectivity index (χ3v) is 2.83. The molecule has 1 rings (SSSR count). The lowest BCUT2D eigenvalue weighted by atomic mass is 9.98. The van der Waals surface area contributed by atoms with Crippen LogP contribution in [-0.4, -0.2) is 12.2 Å². The highest BCUT2D eigenvalue weighted by Gasteiger charge is 2.15. The molecule has 1 N–H and O–H groups in total. The number of hydrogen-bond donors (Lipinski definition) is 1. The number of methoxy groups -OCH3 is 1. The Hall–Kier alpha value is -0.730. The van der Waals surface area contributed by atoms with Crippen LogP contribution in [0.15, 0.2) is 6.07 Å². The minimum atomic E-state index is -0.501. The van der Waals surface area contributed by atoms with Crippen LogP contribution in [0.2, 0.25) is 5.02 Å². The molecule has 0 bridgehead atoms. The van der Waals surface area contributed by atoms with Gasteiger partial charge in [0.15, 0.2) is 0 Å². The van der Waals surface area contributed by atoms with E-state index < -0.39 is 6.10 Å². The minimum Gasteiger partial charge on any atom is -0.495 e. The molecule has 1 aromatic rings. The fourth-order valence-corrected chi connectivity index (χ4v) is 1.96. The van der Waals surface area contributed by atoms with Crippen molar-refractivity contribution in [3.63, 3.8) is 0 Å². The number of ether oxygens (including phenoxy) is 1. The normalized spacial score (nSPS) is 12.7. The maximum Gasteiger partial charge on any atom is 0.138 e. The first kappa shape index (κ1) is 11.3. The standard InChI is InChI=1S/C11H15ClO2/c1-6-5-9(14-4)11(12)7(2)10(6)8(3)13/h5,8,13H,1-4H3. The molecule has 2 nitrogen and oxygen atoms in total. The number of aliphatic hydroxyl groups excluding tert-OH is 1. The summed E-state index contributed by atoms with van der Waals surface area (Å²) in [6.07, 6.45) is -0.501. The summed E-state index contributed by atoms with van der Waals surface area (Å²) < 4.78 is 5.13. The highest BCUT2D eigenvalue weighted by molar-refractivity contribution is 6.33. The van der Waals surface area contributed by atoms with Crippen LogP contribution in [0.25, 0.3) is 0 Å². The van der Waals surface area contributed by atoms with Gasteiger partial charge in [-0.25, -0.2) is 0 Å². The quantitative estimate of drug-likeness (QED) is 0.820. The van der Waals surface area contributed by atoms with Gasteiger partial charge in [-0.1, -0.05) is 11.6 Å². The average molecular weight is 215 g/mol. The number of halogens is 1. The van der Waals surface area contributed by atoms with E-state index in [1.807, 2.05) is 19.9 Å². The summed E-state index contributed by atoms with van der Waals surface area (Å²) in [6.45, 7) is 5.56. The Morgan fingerprint density at radius 3 is 2.43 bits per heavy atom. The topological polar surface area (TPSA) is 29.5 Å². The second kappa shape index (κ2) is 4.20. The van der Waals surface area contributed by atoms with Crippen molar-refractivity contribution >= 4 is 11.6 Å². The van der Waals surface area contributed by atoms with Gasteiger partial charge < -0.3 is 9.84 Å². The van der Waals surface area contributed by atoms with Gasteiger partial charge in [-0.2, -0.15) is 0 Å². The molecular weight excluding hydrogens is 200 g/mol. The molecule has 0 aliphatic rings. The summed E-state index contributed by atoms with van der Waals surface area (Å²) in [5.41, 5.74) is 2.77. The Morgan fingerprint density at radius 1 is 1.43 bits per heavy atom. The van der Waals surface area contributed by atoms with E-state index in [9.17, 15) is 5.11 Å². The molecule has 3 heteroatoms. The summed E-state index contributed by atoms with van der Waals surface area (Å²) >= 11 is 6.08. The Kier molecular flexibility index (Phi) is 3.40. The van der Waals surface area contributed by atoms with E-state index in [-0.39, 0.29) is 0 Å². The fourth-order valence-electron chi connectivity index (χ4n) is 1.73. The number of hydrogen-bond acceptors (Lipinski definition) is 2. The zero-order valence-corrected chi connectivity index (χ0v) is 9.64. The number of rotatable bonds is 2. The molecule has 0 aromatic heterocycles. The first-order chi connectivity index (χ1) is 6.49. The van der Waals surface area contributed by atoms with Crippen LogP contribution in [0.4, 0.5) is 0 Å². The average Bonchev–Trinajstić information content (AvgIpc) is 2.10. The summed E-state index contributed by atoms with van der Waals surface area (Å²) in [4.78, 5) is 0. The summed E-state index contributed by atoms with van der Waals surface area (Å²) in [7, 11) is 1.59. The summed E-state index contributed by atoms with van der Waals surface area (Å²) in [5.74, 6) is 0.658. The van der Waals surface area contributed by atoms with Crippen molar-refractivity contribution < 1.29 is 9.84 Å². The van der Waals surface area contributed by atoms with Gasteiger partial charge in [-0.3, -0.25) is 0 Å². The molecule has 1 atom stereocenters.